The Labute approximate surface area is 119 Å². The number of aromatic nitrogens is 2. The summed E-state index contributed by atoms with van der Waals surface area (Å²) in [5.74, 6) is 1.15. The van der Waals surface area contributed by atoms with Crippen LogP contribution in [0.1, 0.15) is 15.9 Å². The van der Waals surface area contributed by atoms with Gasteiger partial charge < -0.3 is 5.73 Å². The topological polar surface area (TPSA) is 68.2 Å². The van der Waals surface area contributed by atoms with Crippen LogP contribution in [0.4, 0.5) is 5.95 Å². The number of nitrogens with two attached hydrogens (primary N) is 1. The first kappa shape index (κ1) is 11.5. The first-order valence-corrected chi connectivity index (χ1v) is 7.17. The number of para-hydroxylation sites is 2. The summed E-state index contributed by atoms with van der Waals surface area (Å²) in [7, 11) is 0. The van der Waals surface area contributed by atoms with E-state index in [4.69, 9.17) is 5.73 Å². The number of imidazole rings is 1. The predicted octanol–water partition coefficient (Wildman–Crippen LogP) is 2.69. The highest BCUT2D eigenvalue weighted by Gasteiger charge is 2.25. The highest BCUT2D eigenvalue weighted by molar-refractivity contribution is 7.12. The molecule has 1 atom stereocenters. The zero-order valence-corrected chi connectivity index (χ0v) is 11.7. The van der Waals surface area contributed by atoms with Gasteiger partial charge in [-0.2, -0.15) is 0 Å². The number of thiophene rings is 1. The number of nitrogens with zero attached hydrogens (tertiary/aromatic N) is 3. The molecule has 0 fully saturated rings. The molecule has 100 valence electrons. The van der Waals surface area contributed by atoms with Gasteiger partial charge in [-0.15, -0.1) is 11.3 Å². The quantitative estimate of drug-likeness (QED) is 0.721. The summed E-state index contributed by atoms with van der Waals surface area (Å²) < 4.78 is 2.09. The summed E-state index contributed by atoms with van der Waals surface area (Å²) in [6, 6.07) is 12.2. The van der Waals surface area contributed by atoms with Crippen LogP contribution in [0.2, 0.25) is 0 Å². The Hall–Kier alpha value is -2.34. The van der Waals surface area contributed by atoms with E-state index in [1.165, 1.54) is 4.88 Å². The lowest BCUT2D eigenvalue weighted by atomic mass is 10.3. The van der Waals surface area contributed by atoms with Crippen LogP contribution in [0.25, 0.3) is 11.0 Å². The van der Waals surface area contributed by atoms with Gasteiger partial charge in [0.1, 0.15) is 0 Å². The van der Waals surface area contributed by atoms with E-state index >= 15 is 0 Å². The van der Waals surface area contributed by atoms with Gasteiger partial charge in [-0.1, -0.05) is 12.1 Å². The Kier molecular flexibility index (Phi) is 2.34. The van der Waals surface area contributed by atoms with Crippen molar-refractivity contribution in [2.24, 2.45) is 10.7 Å². The molecule has 3 N–H and O–H groups in total. The molecule has 0 aliphatic carbocycles. The summed E-state index contributed by atoms with van der Waals surface area (Å²) in [6.45, 7) is 2.09. The van der Waals surface area contributed by atoms with Gasteiger partial charge in [-0.25, -0.2) is 9.98 Å². The van der Waals surface area contributed by atoms with Gasteiger partial charge in [0.05, 0.1) is 11.0 Å². The maximum Gasteiger partial charge on any atom is 0.212 e. The Balaban J connectivity index is 1.98. The molecule has 3 heterocycles. The van der Waals surface area contributed by atoms with Crippen LogP contribution in [-0.2, 0) is 0 Å². The number of anilines is 1. The highest BCUT2D eigenvalue weighted by Crippen LogP contribution is 2.34. The Bertz CT molecular complexity index is 829. The standard InChI is InChI=1S/C14H13N5S/c1-8-6-7-11(20-8)12-17-13(15)18-14-16-9-4-2-3-5-10(9)19(12)14/h2-7,12H,1H3,(H3,15,16,17,18)/t12-/m0/s1. The molecule has 4 rings (SSSR count). The average molecular weight is 283 g/mol. The minimum absolute atomic E-state index is 0.141. The third-order valence-electron chi connectivity index (χ3n) is 3.36. The Morgan fingerprint density at radius 1 is 1.25 bits per heavy atom. The summed E-state index contributed by atoms with van der Waals surface area (Å²) in [5, 5.41) is 3.04. The molecule has 0 saturated carbocycles. The molecule has 0 spiro atoms. The van der Waals surface area contributed by atoms with Gasteiger partial charge in [0.15, 0.2) is 12.1 Å². The zero-order chi connectivity index (χ0) is 13.7. The minimum Gasteiger partial charge on any atom is -0.370 e. The number of guanidine groups is 1. The van der Waals surface area contributed by atoms with Crippen LogP contribution in [0.3, 0.4) is 0 Å². The molecule has 0 amide bonds. The predicted molar refractivity (Wildman–Crippen MR) is 82.2 cm³/mol. The van der Waals surface area contributed by atoms with E-state index in [-0.39, 0.29) is 6.17 Å². The Morgan fingerprint density at radius 3 is 2.90 bits per heavy atom. The van der Waals surface area contributed by atoms with Crippen LogP contribution in [-0.4, -0.2) is 15.5 Å². The third-order valence-corrected chi connectivity index (χ3v) is 4.40. The largest absolute Gasteiger partial charge is 0.370 e. The molecule has 3 aromatic rings. The van der Waals surface area contributed by atoms with Gasteiger partial charge in [-0.3, -0.25) is 9.88 Å². The fourth-order valence-electron chi connectivity index (χ4n) is 2.50. The van der Waals surface area contributed by atoms with E-state index in [0.717, 1.165) is 21.9 Å². The van der Waals surface area contributed by atoms with Crippen molar-refractivity contribution in [2.45, 2.75) is 13.1 Å². The summed E-state index contributed by atoms with van der Waals surface area (Å²) in [5.41, 5.74) is 7.90. The summed E-state index contributed by atoms with van der Waals surface area (Å²) >= 11 is 1.73. The SMILES string of the molecule is Cc1ccc([C@H]2N=C(N)Nc3nc4ccccc4n32)s1. The lowest BCUT2D eigenvalue weighted by Crippen LogP contribution is -2.31. The maximum absolute atomic E-state index is 5.90. The number of rotatable bonds is 1. The van der Waals surface area contributed by atoms with E-state index in [1.807, 2.05) is 18.2 Å². The monoisotopic (exact) mass is 283 g/mol. The van der Waals surface area contributed by atoms with Crippen LogP contribution in [0.5, 0.6) is 0 Å². The number of benzene rings is 1. The smallest absolute Gasteiger partial charge is 0.212 e. The van der Waals surface area contributed by atoms with Crippen LogP contribution < -0.4 is 11.1 Å². The van der Waals surface area contributed by atoms with E-state index in [1.54, 1.807) is 11.3 Å². The van der Waals surface area contributed by atoms with Crippen molar-refractivity contribution < 1.29 is 0 Å². The van der Waals surface area contributed by atoms with E-state index in [2.05, 4.69) is 45.0 Å². The van der Waals surface area contributed by atoms with Gasteiger partial charge in [0.2, 0.25) is 5.95 Å². The highest BCUT2D eigenvalue weighted by atomic mass is 32.1. The molecule has 5 nitrogen and oxygen atoms in total. The van der Waals surface area contributed by atoms with Crippen molar-refractivity contribution >= 4 is 34.3 Å². The van der Waals surface area contributed by atoms with Gasteiger partial charge in [-0.05, 0) is 31.2 Å². The molecule has 1 aliphatic heterocycles. The van der Waals surface area contributed by atoms with Crippen molar-refractivity contribution in [3.8, 4) is 0 Å². The normalized spacial score (nSPS) is 17.6. The van der Waals surface area contributed by atoms with Crippen molar-refractivity contribution in [1.29, 1.82) is 0 Å². The first-order chi connectivity index (χ1) is 9.72. The maximum atomic E-state index is 5.90. The molecular weight excluding hydrogens is 270 g/mol. The van der Waals surface area contributed by atoms with Gasteiger partial charge in [0.25, 0.3) is 0 Å². The lowest BCUT2D eigenvalue weighted by Gasteiger charge is -2.22. The fourth-order valence-corrected chi connectivity index (χ4v) is 3.41. The number of fused-ring (bicyclic) bond motifs is 3. The number of aliphatic imine (C=N–C) groups is 1. The van der Waals surface area contributed by atoms with E-state index in [9.17, 15) is 0 Å². The van der Waals surface area contributed by atoms with Crippen LogP contribution in [0, 0.1) is 6.92 Å². The molecule has 0 saturated heterocycles. The van der Waals surface area contributed by atoms with Crippen molar-refractivity contribution in [1.82, 2.24) is 9.55 Å². The molecule has 0 radical (unpaired) electrons. The number of hydrogen-bond donors (Lipinski definition) is 2. The van der Waals surface area contributed by atoms with Crippen LogP contribution in [0.15, 0.2) is 41.4 Å². The number of aryl methyl sites for hydroxylation is 1. The van der Waals surface area contributed by atoms with Gasteiger partial charge in [0, 0.05) is 9.75 Å². The van der Waals surface area contributed by atoms with E-state index in [0.29, 0.717) is 5.96 Å². The second kappa shape index (κ2) is 4.08. The molecule has 0 bridgehead atoms. The van der Waals surface area contributed by atoms with E-state index < -0.39 is 0 Å². The molecule has 2 aromatic heterocycles. The molecule has 1 aromatic carbocycles. The average Bonchev–Trinajstić information content (AvgIpc) is 3.00. The van der Waals surface area contributed by atoms with Crippen LogP contribution >= 0.6 is 11.3 Å². The summed E-state index contributed by atoms with van der Waals surface area (Å²) in [6.07, 6.45) is -0.141. The number of hydrogen-bond acceptors (Lipinski definition) is 5. The van der Waals surface area contributed by atoms with Crippen molar-refractivity contribution in [3.05, 3.63) is 46.2 Å². The third kappa shape index (κ3) is 1.61. The molecule has 1 aliphatic rings. The lowest BCUT2D eigenvalue weighted by molar-refractivity contribution is 0.637. The summed E-state index contributed by atoms with van der Waals surface area (Å²) in [4.78, 5) is 11.6. The minimum atomic E-state index is -0.141. The number of nitrogens with one attached hydrogen (secondary N) is 1. The second-order valence-electron chi connectivity index (χ2n) is 4.76. The van der Waals surface area contributed by atoms with Crippen molar-refractivity contribution in [3.63, 3.8) is 0 Å². The van der Waals surface area contributed by atoms with Crippen molar-refractivity contribution in [2.75, 3.05) is 5.32 Å². The zero-order valence-electron chi connectivity index (χ0n) is 10.9. The fraction of sp³-hybridized carbons (Fsp3) is 0.143. The molecule has 6 heteroatoms. The Morgan fingerprint density at radius 2 is 2.10 bits per heavy atom. The second-order valence-corrected chi connectivity index (χ2v) is 6.08. The van der Waals surface area contributed by atoms with Gasteiger partial charge >= 0.3 is 0 Å². The molecule has 20 heavy (non-hydrogen) atoms. The molecule has 0 unspecified atom stereocenters. The molecular formula is C14H13N5S. The first-order valence-electron chi connectivity index (χ1n) is 6.36.